The minimum Gasteiger partial charge on any atom is -0.385 e. The van der Waals surface area contributed by atoms with Gasteiger partial charge in [0.2, 0.25) is 0 Å². The van der Waals surface area contributed by atoms with Crippen molar-refractivity contribution in [3.05, 3.63) is 58.6 Å². The van der Waals surface area contributed by atoms with Crippen LogP contribution in [0.4, 0.5) is 0 Å². The second-order valence-corrected chi connectivity index (χ2v) is 4.34. The largest absolute Gasteiger partial charge is 0.385 e. The highest BCUT2D eigenvalue weighted by Crippen LogP contribution is 2.21. The summed E-state index contributed by atoms with van der Waals surface area (Å²) in [5, 5.41) is 10.7. The number of aliphatic hydroxyl groups excluding tert-OH is 1. The van der Waals surface area contributed by atoms with Crippen molar-refractivity contribution in [2.24, 2.45) is 0 Å². The second-order valence-electron chi connectivity index (χ2n) is 3.93. The van der Waals surface area contributed by atoms with Gasteiger partial charge in [-0.25, -0.2) is 9.97 Å². The molecule has 0 amide bonds. The van der Waals surface area contributed by atoms with Gasteiger partial charge in [0.15, 0.2) is 5.82 Å². The first kappa shape index (κ1) is 12.0. The third-order valence-electron chi connectivity index (χ3n) is 2.47. The van der Waals surface area contributed by atoms with E-state index in [-0.39, 0.29) is 0 Å². The van der Waals surface area contributed by atoms with Crippen LogP contribution in [0.3, 0.4) is 0 Å². The zero-order chi connectivity index (χ0) is 12.3. The number of aromatic nitrogens is 2. The summed E-state index contributed by atoms with van der Waals surface area (Å²) in [6, 6.07) is 7.45. The summed E-state index contributed by atoms with van der Waals surface area (Å²) in [5.41, 5.74) is 1.87. The maximum Gasteiger partial charge on any atom is 0.157 e. The maximum atomic E-state index is 10.0. The number of benzene rings is 1. The Morgan fingerprint density at radius 1 is 1.24 bits per heavy atom. The molecule has 0 saturated carbocycles. The molecule has 2 rings (SSSR count). The Bertz CT molecular complexity index is 499. The molecular weight excluding hydrogens is 236 g/mol. The van der Waals surface area contributed by atoms with Crippen LogP contribution >= 0.6 is 11.6 Å². The van der Waals surface area contributed by atoms with Crippen molar-refractivity contribution in [2.75, 3.05) is 0 Å². The molecule has 0 aliphatic rings. The predicted molar refractivity (Wildman–Crippen MR) is 66.9 cm³/mol. The van der Waals surface area contributed by atoms with E-state index in [1.54, 1.807) is 18.5 Å². The van der Waals surface area contributed by atoms with Crippen LogP contribution in [0, 0.1) is 6.92 Å². The fraction of sp³-hybridized carbons (Fsp3) is 0.231. The molecule has 1 aromatic carbocycles. The first-order valence-electron chi connectivity index (χ1n) is 5.37. The van der Waals surface area contributed by atoms with Crippen molar-refractivity contribution in [1.82, 2.24) is 9.97 Å². The van der Waals surface area contributed by atoms with E-state index in [0.29, 0.717) is 17.3 Å². The lowest BCUT2D eigenvalue weighted by atomic mass is 10.1. The van der Waals surface area contributed by atoms with Crippen molar-refractivity contribution < 1.29 is 5.11 Å². The van der Waals surface area contributed by atoms with Gasteiger partial charge in [0, 0.05) is 23.8 Å². The van der Waals surface area contributed by atoms with Gasteiger partial charge in [-0.05, 0) is 24.1 Å². The normalized spacial score (nSPS) is 12.4. The number of halogens is 1. The highest BCUT2D eigenvalue weighted by molar-refractivity contribution is 6.31. The van der Waals surface area contributed by atoms with Crippen LogP contribution in [0.1, 0.15) is 23.1 Å². The van der Waals surface area contributed by atoms with E-state index in [1.165, 1.54) is 0 Å². The lowest BCUT2D eigenvalue weighted by Crippen LogP contribution is -2.07. The van der Waals surface area contributed by atoms with Crippen molar-refractivity contribution in [2.45, 2.75) is 19.4 Å². The SMILES string of the molecule is Cc1cnc(C(O)Cc2ccccc2Cl)nc1. The van der Waals surface area contributed by atoms with E-state index in [4.69, 9.17) is 11.6 Å². The van der Waals surface area contributed by atoms with E-state index < -0.39 is 6.10 Å². The molecule has 2 aromatic rings. The third kappa shape index (κ3) is 3.02. The summed E-state index contributed by atoms with van der Waals surface area (Å²) in [6.07, 6.45) is 3.08. The summed E-state index contributed by atoms with van der Waals surface area (Å²) in [4.78, 5) is 8.20. The Balaban J connectivity index is 2.14. The van der Waals surface area contributed by atoms with Crippen LogP contribution in [0.25, 0.3) is 0 Å². The van der Waals surface area contributed by atoms with Crippen molar-refractivity contribution in [1.29, 1.82) is 0 Å². The van der Waals surface area contributed by atoms with Gasteiger partial charge in [0.05, 0.1) is 0 Å². The zero-order valence-corrected chi connectivity index (χ0v) is 10.2. The molecule has 0 spiro atoms. The maximum absolute atomic E-state index is 10.0. The Labute approximate surface area is 105 Å². The first-order chi connectivity index (χ1) is 8.16. The molecule has 0 radical (unpaired) electrons. The zero-order valence-electron chi connectivity index (χ0n) is 9.47. The van der Waals surface area contributed by atoms with Gasteiger partial charge in [-0.15, -0.1) is 0 Å². The van der Waals surface area contributed by atoms with Gasteiger partial charge in [-0.2, -0.15) is 0 Å². The minimum absolute atomic E-state index is 0.419. The van der Waals surface area contributed by atoms with Crippen LogP contribution < -0.4 is 0 Å². The molecule has 88 valence electrons. The van der Waals surface area contributed by atoms with E-state index in [2.05, 4.69) is 9.97 Å². The number of rotatable bonds is 3. The minimum atomic E-state index is -0.726. The molecule has 1 aromatic heterocycles. The van der Waals surface area contributed by atoms with Gasteiger partial charge in [0.1, 0.15) is 6.10 Å². The highest BCUT2D eigenvalue weighted by atomic mass is 35.5. The summed E-state index contributed by atoms with van der Waals surface area (Å²) >= 11 is 6.03. The van der Waals surface area contributed by atoms with Gasteiger partial charge in [0.25, 0.3) is 0 Å². The number of hydrogen-bond donors (Lipinski definition) is 1. The first-order valence-corrected chi connectivity index (χ1v) is 5.74. The summed E-state index contributed by atoms with van der Waals surface area (Å²) in [5.74, 6) is 0.426. The van der Waals surface area contributed by atoms with Crippen LogP contribution in [0.15, 0.2) is 36.7 Å². The van der Waals surface area contributed by atoms with Gasteiger partial charge in [-0.3, -0.25) is 0 Å². The second kappa shape index (κ2) is 5.25. The smallest absolute Gasteiger partial charge is 0.157 e. The van der Waals surface area contributed by atoms with Gasteiger partial charge in [-0.1, -0.05) is 29.8 Å². The number of aliphatic hydroxyl groups is 1. The van der Waals surface area contributed by atoms with Crippen LogP contribution in [-0.2, 0) is 6.42 Å². The average molecular weight is 249 g/mol. The van der Waals surface area contributed by atoms with E-state index in [0.717, 1.165) is 11.1 Å². The Morgan fingerprint density at radius 3 is 2.53 bits per heavy atom. The van der Waals surface area contributed by atoms with Crippen LogP contribution in [-0.4, -0.2) is 15.1 Å². The van der Waals surface area contributed by atoms with E-state index in [9.17, 15) is 5.11 Å². The molecule has 0 aliphatic heterocycles. The van der Waals surface area contributed by atoms with Gasteiger partial charge >= 0.3 is 0 Å². The fourth-order valence-electron chi connectivity index (χ4n) is 1.54. The molecular formula is C13H13ClN2O. The summed E-state index contributed by atoms with van der Waals surface area (Å²) < 4.78 is 0. The molecule has 1 unspecified atom stereocenters. The third-order valence-corrected chi connectivity index (χ3v) is 2.84. The molecule has 0 fully saturated rings. The quantitative estimate of drug-likeness (QED) is 0.909. The number of aryl methyl sites for hydroxylation is 1. The predicted octanol–water partition coefficient (Wildman–Crippen LogP) is 2.71. The van der Waals surface area contributed by atoms with Gasteiger partial charge < -0.3 is 5.11 Å². The molecule has 3 nitrogen and oxygen atoms in total. The Kier molecular flexibility index (Phi) is 3.71. The number of hydrogen-bond acceptors (Lipinski definition) is 3. The molecule has 0 aliphatic carbocycles. The molecule has 1 atom stereocenters. The van der Waals surface area contributed by atoms with Crippen LogP contribution in [0.2, 0.25) is 5.02 Å². The van der Waals surface area contributed by atoms with E-state index >= 15 is 0 Å². The van der Waals surface area contributed by atoms with Crippen LogP contribution in [0.5, 0.6) is 0 Å². The Hall–Kier alpha value is -1.45. The molecule has 1 heterocycles. The topological polar surface area (TPSA) is 46.0 Å². The lowest BCUT2D eigenvalue weighted by Gasteiger charge is -2.10. The number of nitrogens with zero attached hydrogens (tertiary/aromatic N) is 2. The molecule has 17 heavy (non-hydrogen) atoms. The molecule has 4 heteroatoms. The Morgan fingerprint density at radius 2 is 1.88 bits per heavy atom. The van der Waals surface area contributed by atoms with Crippen molar-refractivity contribution in [3.8, 4) is 0 Å². The molecule has 0 saturated heterocycles. The highest BCUT2D eigenvalue weighted by Gasteiger charge is 2.12. The van der Waals surface area contributed by atoms with E-state index in [1.807, 2.05) is 25.1 Å². The lowest BCUT2D eigenvalue weighted by molar-refractivity contribution is 0.168. The fourth-order valence-corrected chi connectivity index (χ4v) is 1.75. The summed E-state index contributed by atoms with van der Waals surface area (Å²) in [7, 11) is 0. The molecule has 1 N–H and O–H groups in total. The summed E-state index contributed by atoms with van der Waals surface area (Å²) in [6.45, 7) is 1.91. The van der Waals surface area contributed by atoms with Crippen molar-refractivity contribution in [3.63, 3.8) is 0 Å². The monoisotopic (exact) mass is 248 g/mol. The standard InChI is InChI=1S/C13H13ClN2O/c1-9-7-15-13(16-8-9)12(17)6-10-4-2-3-5-11(10)14/h2-5,7-8,12,17H,6H2,1H3. The average Bonchev–Trinajstić information content (AvgIpc) is 2.33. The molecule has 0 bridgehead atoms. The van der Waals surface area contributed by atoms with Crippen molar-refractivity contribution >= 4 is 11.6 Å².